The lowest BCUT2D eigenvalue weighted by atomic mass is 9.92. The van der Waals surface area contributed by atoms with Crippen LogP contribution >= 0.6 is 43.5 Å². The van der Waals surface area contributed by atoms with Gasteiger partial charge in [0.1, 0.15) is 18.3 Å². The van der Waals surface area contributed by atoms with Crippen LogP contribution in [-0.4, -0.2) is 30.6 Å². The zero-order valence-electron chi connectivity index (χ0n) is 19.8. The number of hydrogen-bond donors (Lipinski definition) is 1. The van der Waals surface area contributed by atoms with E-state index in [0.29, 0.717) is 12.1 Å². The number of carbonyl (C=O) groups excluding carboxylic acids is 2. The minimum Gasteiger partial charge on any atom is -0.347 e. The van der Waals surface area contributed by atoms with Crippen molar-refractivity contribution >= 4 is 61.0 Å². The van der Waals surface area contributed by atoms with Crippen molar-refractivity contribution in [3.8, 4) is 0 Å². The molecule has 3 nitrogen and oxygen atoms in total. The van der Waals surface area contributed by atoms with E-state index in [1.165, 1.54) is 5.32 Å². The molecule has 220 valence electrons. The van der Waals surface area contributed by atoms with Crippen LogP contribution in [0.1, 0.15) is 46.3 Å². The second-order valence-corrected chi connectivity index (χ2v) is 10.5. The molecule has 0 saturated heterocycles. The average molecular weight is 736 g/mol. The third kappa shape index (κ3) is 9.20. The molecule has 0 aliphatic carbocycles. The summed E-state index contributed by atoms with van der Waals surface area (Å²) in [6.07, 6.45) is -16.0. The smallest absolute Gasteiger partial charge is 0.347 e. The van der Waals surface area contributed by atoms with Gasteiger partial charge >= 0.3 is 18.5 Å². The molecule has 2 rings (SSSR count). The van der Waals surface area contributed by atoms with Gasteiger partial charge in [-0.3, -0.25) is 9.59 Å². The first kappa shape index (κ1) is 34.1. The van der Waals surface area contributed by atoms with E-state index in [-0.39, 0.29) is 26.1 Å². The van der Waals surface area contributed by atoms with Crippen molar-refractivity contribution in [3.63, 3.8) is 0 Å². The molecule has 2 aromatic rings. The fourth-order valence-corrected chi connectivity index (χ4v) is 4.72. The molecule has 0 aromatic heterocycles. The van der Waals surface area contributed by atoms with E-state index in [1.54, 1.807) is 0 Å². The van der Waals surface area contributed by atoms with Crippen molar-refractivity contribution in [1.82, 2.24) is 5.32 Å². The van der Waals surface area contributed by atoms with Crippen molar-refractivity contribution in [2.24, 2.45) is 5.92 Å². The van der Waals surface area contributed by atoms with Crippen molar-refractivity contribution in [2.45, 2.75) is 37.8 Å². The maximum Gasteiger partial charge on any atom is 0.417 e. The number of halogens is 13. The van der Waals surface area contributed by atoms with Gasteiger partial charge in [0.05, 0.1) is 10.6 Å². The number of carbonyl (C=O) groups is 2. The van der Waals surface area contributed by atoms with Crippen LogP contribution in [0, 0.1) is 5.92 Å². The van der Waals surface area contributed by atoms with Gasteiger partial charge in [-0.1, -0.05) is 30.7 Å². The number of ketones is 1. The highest BCUT2D eigenvalue weighted by Crippen LogP contribution is 2.43. The quantitative estimate of drug-likeness (QED) is 0.167. The fourth-order valence-electron chi connectivity index (χ4n) is 3.39. The first-order chi connectivity index (χ1) is 18.1. The molecule has 0 saturated carbocycles. The molecule has 0 radical (unpaired) electrons. The summed E-state index contributed by atoms with van der Waals surface area (Å²) < 4.78 is 134. The Labute approximate surface area is 242 Å². The number of nitrogens with one attached hydrogen (secondary N) is 1. The highest BCUT2D eigenvalue weighted by molar-refractivity contribution is 9.11. The van der Waals surface area contributed by atoms with E-state index >= 15 is 0 Å². The lowest BCUT2D eigenvalue weighted by Gasteiger charge is -2.19. The summed E-state index contributed by atoms with van der Waals surface area (Å²) in [5.74, 6) is -8.30. The number of hydrogen-bond acceptors (Lipinski definition) is 2. The molecule has 0 bridgehead atoms. The Morgan fingerprint density at radius 2 is 1.52 bits per heavy atom. The largest absolute Gasteiger partial charge is 0.417 e. The monoisotopic (exact) mass is 733 g/mol. The summed E-state index contributed by atoms with van der Waals surface area (Å²) >= 11 is 11.8. The zero-order chi connectivity index (χ0) is 30.8. The maximum atomic E-state index is 15.0. The van der Waals surface area contributed by atoms with Crippen LogP contribution in [0.3, 0.4) is 0 Å². The summed E-state index contributed by atoms with van der Waals surface area (Å²) in [5, 5.41) is 1.53. The standard InChI is InChI=1S/C24H16Br2ClF10NO2/c1-10(21(40)38-9-22(29,30)31)4-19(39)13-3-2-11(5-15(13)24(35,36)37)18(28)8-14(23(32,33)34)12-6-16(25)20(27)17(26)7-12/h2-3,5-8,10,14H,4,9H2,1H3,(H,38,40)/b18-8-/t10-,14?/m0/s1. The van der Waals surface area contributed by atoms with E-state index < -0.39 is 83.1 Å². The number of benzene rings is 2. The van der Waals surface area contributed by atoms with E-state index in [4.69, 9.17) is 11.6 Å². The van der Waals surface area contributed by atoms with Crippen LogP contribution in [0.5, 0.6) is 0 Å². The minimum atomic E-state index is -5.28. The molecule has 1 N–H and O–H groups in total. The molecule has 0 spiro atoms. The van der Waals surface area contributed by atoms with E-state index in [1.807, 2.05) is 0 Å². The molecule has 0 aliphatic heterocycles. The Balaban J connectivity index is 2.45. The van der Waals surface area contributed by atoms with Crippen LogP contribution in [0.15, 0.2) is 45.4 Å². The SMILES string of the molecule is C[C@@H](CC(=O)c1ccc(/C(F)=C/C(c2cc(Br)c(Cl)c(Br)c2)C(F)(F)F)cc1C(F)(F)F)C(=O)NCC(F)(F)F. The van der Waals surface area contributed by atoms with Crippen LogP contribution < -0.4 is 5.32 Å². The Morgan fingerprint density at radius 3 is 2.00 bits per heavy atom. The van der Waals surface area contributed by atoms with Crippen LogP contribution in [0.4, 0.5) is 43.9 Å². The minimum absolute atomic E-state index is 0.0244. The number of amides is 1. The van der Waals surface area contributed by atoms with Crippen molar-refractivity contribution in [1.29, 1.82) is 0 Å². The highest BCUT2D eigenvalue weighted by atomic mass is 79.9. The lowest BCUT2D eigenvalue weighted by Crippen LogP contribution is -2.37. The van der Waals surface area contributed by atoms with Crippen LogP contribution in [-0.2, 0) is 11.0 Å². The molecular weight excluding hydrogens is 720 g/mol. The molecule has 0 fully saturated rings. The highest BCUT2D eigenvalue weighted by Gasteiger charge is 2.41. The molecular formula is C24H16Br2ClF10NO2. The van der Waals surface area contributed by atoms with Gasteiger partial charge in [-0.05, 0) is 61.7 Å². The van der Waals surface area contributed by atoms with E-state index in [0.717, 1.165) is 19.1 Å². The second-order valence-electron chi connectivity index (χ2n) is 8.45. The topological polar surface area (TPSA) is 46.2 Å². The molecule has 1 unspecified atom stereocenters. The third-order valence-corrected chi connectivity index (χ3v) is 7.45. The van der Waals surface area contributed by atoms with Gasteiger partial charge < -0.3 is 5.32 Å². The van der Waals surface area contributed by atoms with Crippen LogP contribution in [0.2, 0.25) is 5.02 Å². The van der Waals surface area contributed by atoms with Gasteiger partial charge in [0.15, 0.2) is 5.78 Å². The number of rotatable bonds is 8. The predicted octanol–water partition coefficient (Wildman–Crippen LogP) is 9.43. The Bertz CT molecular complexity index is 1280. The zero-order valence-corrected chi connectivity index (χ0v) is 23.7. The Hall–Kier alpha value is -2.13. The molecule has 2 aromatic carbocycles. The molecule has 2 atom stereocenters. The van der Waals surface area contributed by atoms with Gasteiger partial charge in [0, 0.05) is 32.4 Å². The summed E-state index contributed by atoms with van der Waals surface area (Å²) in [6.45, 7) is -0.709. The second kappa shape index (κ2) is 12.8. The number of allylic oxidation sites excluding steroid dienone is 1. The molecule has 16 heteroatoms. The van der Waals surface area contributed by atoms with Crippen molar-refractivity contribution in [2.75, 3.05) is 6.54 Å². The molecule has 0 heterocycles. The molecule has 40 heavy (non-hydrogen) atoms. The summed E-state index contributed by atoms with van der Waals surface area (Å²) in [5.41, 5.74) is -4.17. The summed E-state index contributed by atoms with van der Waals surface area (Å²) in [4.78, 5) is 24.3. The van der Waals surface area contributed by atoms with Gasteiger partial charge in [-0.15, -0.1) is 0 Å². The van der Waals surface area contributed by atoms with Gasteiger partial charge in [0.25, 0.3) is 0 Å². The third-order valence-electron chi connectivity index (χ3n) is 5.33. The molecule has 1 amide bonds. The van der Waals surface area contributed by atoms with E-state index in [9.17, 15) is 53.5 Å². The first-order valence-corrected chi connectivity index (χ1v) is 12.8. The molecule has 0 aliphatic rings. The van der Waals surface area contributed by atoms with E-state index in [2.05, 4.69) is 31.9 Å². The summed E-state index contributed by atoms with van der Waals surface area (Å²) in [6, 6.07) is 3.22. The van der Waals surface area contributed by atoms with Crippen molar-refractivity contribution < 1.29 is 53.5 Å². The first-order valence-electron chi connectivity index (χ1n) is 10.8. The van der Waals surface area contributed by atoms with Crippen LogP contribution in [0.25, 0.3) is 5.83 Å². The maximum absolute atomic E-state index is 15.0. The van der Waals surface area contributed by atoms with Gasteiger partial charge in [-0.2, -0.15) is 39.5 Å². The normalized spacial score (nSPS) is 14.6. The average Bonchev–Trinajstić information content (AvgIpc) is 2.81. The Kier molecular flexibility index (Phi) is 10.9. The lowest BCUT2D eigenvalue weighted by molar-refractivity contribution is -0.140. The van der Waals surface area contributed by atoms with Gasteiger partial charge in [-0.25, -0.2) is 4.39 Å². The van der Waals surface area contributed by atoms with Crippen molar-refractivity contribution in [3.05, 3.63) is 72.6 Å². The van der Waals surface area contributed by atoms with Gasteiger partial charge in [0.2, 0.25) is 5.91 Å². The number of alkyl halides is 9. The number of Topliss-reactive ketones (excluding diaryl/α,β-unsaturated/α-hetero) is 1. The Morgan fingerprint density at radius 1 is 0.975 bits per heavy atom. The predicted molar refractivity (Wildman–Crippen MR) is 133 cm³/mol. The fraction of sp³-hybridized carbons (Fsp3) is 0.333. The summed E-state index contributed by atoms with van der Waals surface area (Å²) in [7, 11) is 0.